The van der Waals surface area contributed by atoms with Crippen molar-refractivity contribution in [1.29, 1.82) is 0 Å². The van der Waals surface area contributed by atoms with Gasteiger partial charge in [0.1, 0.15) is 5.76 Å². The molecule has 4 rings (SSSR count). The van der Waals surface area contributed by atoms with Crippen molar-refractivity contribution < 1.29 is 9.47 Å². The Morgan fingerprint density at radius 1 is 1.28 bits per heavy atom. The number of methoxy groups -OCH3 is 1. The second kappa shape index (κ2) is 9.99. The smallest absolute Gasteiger partial charge is 0.156 e. The van der Waals surface area contributed by atoms with E-state index in [1.54, 1.807) is 7.11 Å². The van der Waals surface area contributed by atoms with Crippen molar-refractivity contribution in [3.05, 3.63) is 70.8 Å². The summed E-state index contributed by atoms with van der Waals surface area (Å²) in [6.45, 7) is 9.71. The van der Waals surface area contributed by atoms with Crippen LogP contribution in [0.25, 0.3) is 10.9 Å². The van der Waals surface area contributed by atoms with Crippen molar-refractivity contribution in [2.75, 3.05) is 20.7 Å². The summed E-state index contributed by atoms with van der Waals surface area (Å²) < 4.78 is 11.9. The first-order chi connectivity index (χ1) is 15.5. The quantitative estimate of drug-likeness (QED) is 0.510. The molecule has 1 atom stereocenters. The number of H-pyrrole nitrogens is 1. The molecule has 4 nitrogen and oxygen atoms in total. The van der Waals surface area contributed by atoms with Crippen LogP contribution in [0.2, 0.25) is 0 Å². The zero-order valence-corrected chi connectivity index (χ0v) is 20.2. The number of likely N-dealkylation sites (tertiary alicyclic amines) is 1. The minimum Gasteiger partial charge on any atom is -0.493 e. The minimum atomic E-state index is 0.333. The summed E-state index contributed by atoms with van der Waals surface area (Å²) in [5.41, 5.74) is 6.39. The standard InChI is InChI=1S/C28H38N2O2/c1-19-10-12-25-23(18-29-26(25)16-19)11-13-27-20(2)22(14-15-30(27)4)17-28(31-5)21(3)32-24-8-6-7-9-24/h10,12,16-18,24,27,29H,2,6-9,11,13-15H2,1,3-5H3/b22-17-,28-21-/t27-/m0/s1. The van der Waals surface area contributed by atoms with E-state index >= 15 is 0 Å². The van der Waals surface area contributed by atoms with E-state index in [9.17, 15) is 0 Å². The highest BCUT2D eigenvalue weighted by Gasteiger charge is 2.26. The fraction of sp³-hybridized carbons (Fsp3) is 0.500. The molecular weight excluding hydrogens is 396 g/mol. The Labute approximate surface area is 193 Å². The van der Waals surface area contributed by atoms with E-state index in [2.05, 4.69) is 60.9 Å². The fourth-order valence-corrected chi connectivity index (χ4v) is 5.23. The predicted molar refractivity (Wildman–Crippen MR) is 133 cm³/mol. The van der Waals surface area contributed by atoms with E-state index in [0.717, 1.165) is 50.2 Å². The van der Waals surface area contributed by atoms with E-state index in [-0.39, 0.29) is 0 Å². The van der Waals surface area contributed by atoms with Crippen LogP contribution in [0.1, 0.15) is 56.6 Å². The third-order valence-corrected chi connectivity index (χ3v) is 7.21. The molecule has 2 aromatic rings. The van der Waals surface area contributed by atoms with Gasteiger partial charge in [-0.05, 0) is 100 Å². The number of hydrogen-bond acceptors (Lipinski definition) is 3. The van der Waals surface area contributed by atoms with Gasteiger partial charge in [0, 0.05) is 29.7 Å². The molecule has 1 aliphatic carbocycles. The van der Waals surface area contributed by atoms with Crippen molar-refractivity contribution in [1.82, 2.24) is 9.88 Å². The molecule has 0 bridgehead atoms. The Bertz CT molecular complexity index is 1020. The molecule has 1 aromatic heterocycles. The van der Waals surface area contributed by atoms with E-state index in [1.165, 1.54) is 46.0 Å². The first-order valence-corrected chi connectivity index (χ1v) is 12.0. The van der Waals surface area contributed by atoms with Gasteiger partial charge in [0.25, 0.3) is 0 Å². The van der Waals surface area contributed by atoms with E-state index in [0.29, 0.717) is 12.1 Å². The Morgan fingerprint density at radius 3 is 2.81 bits per heavy atom. The summed E-state index contributed by atoms with van der Waals surface area (Å²) in [6.07, 6.45) is 12.6. The van der Waals surface area contributed by atoms with Crippen molar-refractivity contribution in [3.63, 3.8) is 0 Å². The van der Waals surface area contributed by atoms with Crippen LogP contribution in [0.4, 0.5) is 0 Å². The molecule has 1 aromatic carbocycles. The molecule has 1 saturated carbocycles. The number of aromatic nitrogens is 1. The molecule has 1 saturated heterocycles. The minimum absolute atomic E-state index is 0.333. The lowest BCUT2D eigenvalue weighted by atomic mass is 9.88. The SMILES string of the molecule is C=C1/C(=C\C(OC)=C(/C)OC2CCCC2)CCN(C)[C@H]1CCc1c[nH]c2cc(C)ccc12. The molecule has 1 N–H and O–H groups in total. The maximum absolute atomic E-state index is 6.20. The fourth-order valence-electron chi connectivity index (χ4n) is 5.23. The van der Waals surface area contributed by atoms with E-state index in [1.807, 2.05) is 6.92 Å². The summed E-state index contributed by atoms with van der Waals surface area (Å²) in [7, 11) is 3.95. The summed E-state index contributed by atoms with van der Waals surface area (Å²) in [4.78, 5) is 5.88. The van der Waals surface area contributed by atoms with Gasteiger partial charge >= 0.3 is 0 Å². The van der Waals surface area contributed by atoms with Gasteiger partial charge in [0.15, 0.2) is 5.76 Å². The van der Waals surface area contributed by atoms with Crippen LogP contribution >= 0.6 is 0 Å². The van der Waals surface area contributed by atoms with Crippen LogP contribution < -0.4 is 0 Å². The molecular formula is C28H38N2O2. The van der Waals surface area contributed by atoms with Crippen molar-refractivity contribution >= 4 is 10.9 Å². The summed E-state index contributed by atoms with van der Waals surface area (Å²) in [6, 6.07) is 6.99. The van der Waals surface area contributed by atoms with E-state index in [4.69, 9.17) is 9.47 Å². The molecule has 1 aliphatic heterocycles. The highest BCUT2D eigenvalue weighted by molar-refractivity contribution is 5.83. The maximum Gasteiger partial charge on any atom is 0.156 e. The molecule has 0 spiro atoms. The zero-order chi connectivity index (χ0) is 22.7. The average molecular weight is 435 g/mol. The Balaban J connectivity index is 1.47. The number of hydrogen-bond donors (Lipinski definition) is 1. The highest BCUT2D eigenvalue weighted by Crippen LogP contribution is 2.32. The first-order valence-electron chi connectivity index (χ1n) is 12.0. The number of aryl methyl sites for hydroxylation is 2. The van der Waals surface area contributed by atoms with Gasteiger partial charge in [0.05, 0.1) is 13.2 Å². The van der Waals surface area contributed by atoms with Crippen LogP contribution in [-0.4, -0.2) is 42.7 Å². The lowest BCUT2D eigenvalue weighted by Gasteiger charge is -2.36. The van der Waals surface area contributed by atoms with E-state index < -0.39 is 0 Å². The number of nitrogens with one attached hydrogen (secondary N) is 1. The van der Waals surface area contributed by atoms with Gasteiger partial charge < -0.3 is 14.5 Å². The van der Waals surface area contributed by atoms with Gasteiger partial charge in [-0.2, -0.15) is 0 Å². The summed E-state index contributed by atoms with van der Waals surface area (Å²) in [5.74, 6) is 1.73. The Hall–Kier alpha value is -2.46. The third kappa shape index (κ3) is 4.96. The van der Waals surface area contributed by atoms with Gasteiger partial charge in [-0.1, -0.05) is 18.7 Å². The average Bonchev–Trinajstić information content (AvgIpc) is 3.42. The first kappa shape index (κ1) is 22.7. The molecule has 2 aliphatic rings. The van der Waals surface area contributed by atoms with Crippen molar-refractivity contribution in [2.24, 2.45) is 0 Å². The molecule has 0 radical (unpaired) electrons. The topological polar surface area (TPSA) is 37.5 Å². The second-order valence-electron chi connectivity index (χ2n) is 9.49. The number of nitrogens with zero attached hydrogens (tertiary/aromatic N) is 1. The lowest BCUT2D eigenvalue weighted by Crippen LogP contribution is -2.39. The summed E-state index contributed by atoms with van der Waals surface area (Å²) in [5, 5.41) is 1.33. The second-order valence-corrected chi connectivity index (χ2v) is 9.49. The van der Waals surface area contributed by atoms with Gasteiger partial charge in [-0.25, -0.2) is 0 Å². The number of benzene rings is 1. The number of likely N-dealkylation sites (N-methyl/N-ethyl adjacent to an activating group) is 1. The summed E-state index contributed by atoms with van der Waals surface area (Å²) >= 11 is 0. The predicted octanol–water partition coefficient (Wildman–Crippen LogP) is 6.43. The van der Waals surface area contributed by atoms with Gasteiger partial charge in [-0.15, -0.1) is 0 Å². The van der Waals surface area contributed by atoms with Crippen LogP contribution in [0.15, 0.2) is 59.7 Å². The van der Waals surface area contributed by atoms with Crippen LogP contribution in [-0.2, 0) is 15.9 Å². The molecule has 2 heterocycles. The number of allylic oxidation sites excluding steroid dienone is 2. The maximum atomic E-state index is 6.20. The number of ether oxygens (including phenoxy) is 2. The normalized spacial score (nSPS) is 22.6. The molecule has 32 heavy (non-hydrogen) atoms. The van der Waals surface area contributed by atoms with Crippen LogP contribution in [0.3, 0.4) is 0 Å². The van der Waals surface area contributed by atoms with Crippen molar-refractivity contribution in [3.8, 4) is 0 Å². The Kier molecular flexibility index (Phi) is 7.10. The van der Waals surface area contributed by atoms with Gasteiger partial charge in [0.2, 0.25) is 0 Å². The number of piperidine rings is 1. The molecule has 2 fully saturated rings. The molecule has 4 heteroatoms. The Morgan fingerprint density at radius 2 is 2.06 bits per heavy atom. The monoisotopic (exact) mass is 434 g/mol. The molecule has 172 valence electrons. The largest absolute Gasteiger partial charge is 0.493 e. The third-order valence-electron chi connectivity index (χ3n) is 7.21. The van der Waals surface area contributed by atoms with Gasteiger partial charge in [-0.3, -0.25) is 4.90 Å². The lowest BCUT2D eigenvalue weighted by molar-refractivity contribution is 0.108. The highest BCUT2D eigenvalue weighted by atomic mass is 16.5. The zero-order valence-electron chi connectivity index (χ0n) is 20.2. The molecule has 0 unspecified atom stereocenters. The molecule has 0 amide bonds. The van der Waals surface area contributed by atoms with Crippen LogP contribution in [0, 0.1) is 6.92 Å². The van der Waals surface area contributed by atoms with Crippen LogP contribution in [0.5, 0.6) is 0 Å². The van der Waals surface area contributed by atoms with Crippen molar-refractivity contribution in [2.45, 2.75) is 70.9 Å². The number of fused-ring (bicyclic) bond motifs is 1. The number of aromatic amines is 1. The number of rotatable bonds is 7.